The van der Waals surface area contributed by atoms with Gasteiger partial charge in [-0.25, -0.2) is 0 Å². The number of nitrogens with zero attached hydrogens (tertiary/aromatic N) is 4. The maximum atomic E-state index is 12.5. The van der Waals surface area contributed by atoms with Gasteiger partial charge in [-0.2, -0.15) is 10.2 Å². The molecular weight excluding hydrogens is 470 g/mol. The van der Waals surface area contributed by atoms with Crippen molar-refractivity contribution < 1.29 is 9.21 Å². The minimum absolute atomic E-state index is 0.230. The van der Waals surface area contributed by atoms with Crippen molar-refractivity contribution in [3.8, 4) is 0 Å². The molecule has 1 N–H and O–H groups in total. The third-order valence-electron chi connectivity index (χ3n) is 4.61. The maximum absolute atomic E-state index is 12.5. The first-order chi connectivity index (χ1) is 14.4. The SMILES string of the molecule is Cc1nn(Cc2ccc(C(=O)Nc3cnn(Cc4cccc(Cl)c4)c3)o2)c(C)c1Br. The maximum Gasteiger partial charge on any atom is 0.291 e. The highest BCUT2D eigenvalue weighted by Gasteiger charge is 2.15. The van der Waals surface area contributed by atoms with Crippen molar-refractivity contribution in [3.63, 3.8) is 0 Å². The largest absolute Gasteiger partial charge is 0.454 e. The summed E-state index contributed by atoms with van der Waals surface area (Å²) in [6.07, 6.45) is 3.36. The Kier molecular flexibility index (Phi) is 5.78. The van der Waals surface area contributed by atoms with Gasteiger partial charge in [0.15, 0.2) is 5.76 Å². The highest BCUT2D eigenvalue weighted by atomic mass is 79.9. The van der Waals surface area contributed by atoms with Crippen molar-refractivity contribution in [2.45, 2.75) is 26.9 Å². The van der Waals surface area contributed by atoms with Crippen LogP contribution in [0.25, 0.3) is 0 Å². The Labute approximate surface area is 186 Å². The monoisotopic (exact) mass is 487 g/mol. The molecular formula is C21H19BrClN5O2. The van der Waals surface area contributed by atoms with E-state index in [9.17, 15) is 4.79 Å². The van der Waals surface area contributed by atoms with Gasteiger partial charge in [-0.05, 0) is 59.6 Å². The van der Waals surface area contributed by atoms with Gasteiger partial charge in [0.05, 0.1) is 40.8 Å². The van der Waals surface area contributed by atoms with Gasteiger partial charge >= 0.3 is 0 Å². The Morgan fingerprint density at radius 2 is 2.07 bits per heavy atom. The van der Waals surface area contributed by atoms with E-state index in [4.69, 9.17) is 16.0 Å². The zero-order valence-electron chi connectivity index (χ0n) is 16.4. The molecule has 154 valence electrons. The average Bonchev–Trinajstić information content (AvgIpc) is 3.40. The van der Waals surface area contributed by atoms with Gasteiger partial charge in [-0.1, -0.05) is 23.7 Å². The van der Waals surface area contributed by atoms with Crippen LogP contribution in [-0.4, -0.2) is 25.5 Å². The van der Waals surface area contributed by atoms with Crippen molar-refractivity contribution in [2.24, 2.45) is 0 Å². The number of nitrogens with one attached hydrogen (secondary N) is 1. The minimum atomic E-state index is -0.335. The molecule has 1 amide bonds. The molecule has 0 fully saturated rings. The lowest BCUT2D eigenvalue weighted by atomic mass is 10.2. The highest BCUT2D eigenvalue weighted by molar-refractivity contribution is 9.10. The van der Waals surface area contributed by atoms with Gasteiger partial charge in [0.25, 0.3) is 5.91 Å². The van der Waals surface area contributed by atoms with Crippen LogP contribution in [-0.2, 0) is 13.1 Å². The predicted molar refractivity (Wildman–Crippen MR) is 118 cm³/mol. The molecule has 0 spiro atoms. The third kappa shape index (κ3) is 4.49. The van der Waals surface area contributed by atoms with Crippen LogP contribution in [0, 0.1) is 13.8 Å². The fourth-order valence-electron chi connectivity index (χ4n) is 3.09. The molecule has 0 saturated heterocycles. The fourth-order valence-corrected chi connectivity index (χ4v) is 3.59. The van der Waals surface area contributed by atoms with E-state index in [0.717, 1.165) is 21.4 Å². The Morgan fingerprint density at radius 1 is 1.23 bits per heavy atom. The first kappa shape index (κ1) is 20.4. The molecule has 4 aromatic rings. The van der Waals surface area contributed by atoms with Crippen molar-refractivity contribution in [3.05, 3.63) is 86.8 Å². The third-order valence-corrected chi connectivity index (χ3v) is 5.99. The predicted octanol–water partition coefficient (Wildman–Crippen LogP) is 5.05. The number of benzene rings is 1. The van der Waals surface area contributed by atoms with E-state index >= 15 is 0 Å². The number of anilines is 1. The van der Waals surface area contributed by atoms with Crippen LogP contribution in [0.5, 0.6) is 0 Å². The first-order valence-corrected chi connectivity index (χ1v) is 10.4. The normalized spacial score (nSPS) is 11.1. The number of aromatic nitrogens is 4. The van der Waals surface area contributed by atoms with Crippen molar-refractivity contribution in [1.82, 2.24) is 19.6 Å². The fraction of sp³-hybridized carbons (Fsp3) is 0.190. The molecule has 0 radical (unpaired) electrons. The number of aryl methyl sites for hydroxylation is 1. The molecule has 0 aliphatic heterocycles. The van der Waals surface area contributed by atoms with Gasteiger partial charge < -0.3 is 9.73 Å². The molecule has 3 heterocycles. The molecule has 0 aliphatic rings. The number of furan rings is 1. The van der Waals surface area contributed by atoms with E-state index in [2.05, 4.69) is 31.4 Å². The van der Waals surface area contributed by atoms with E-state index in [1.54, 1.807) is 29.2 Å². The summed E-state index contributed by atoms with van der Waals surface area (Å²) in [5.74, 6) is 0.543. The van der Waals surface area contributed by atoms with E-state index in [-0.39, 0.29) is 11.7 Å². The van der Waals surface area contributed by atoms with Gasteiger partial charge in [0.2, 0.25) is 0 Å². The number of carbonyl (C=O) groups is 1. The molecule has 1 aromatic carbocycles. The molecule has 0 unspecified atom stereocenters. The van der Waals surface area contributed by atoms with Crippen LogP contribution < -0.4 is 5.32 Å². The lowest BCUT2D eigenvalue weighted by Gasteiger charge is -2.03. The van der Waals surface area contributed by atoms with Gasteiger partial charge in [0, 0.05) is 11.2 Å². The second kappa shape index (κ2) is 8.49. The molecule has 0 aliphatic carbocycles. The van der Waals surface area contributed by atoms with Gasteiger partial charge in [-0.3, -0.25) is 14.2 Å². The lowest BCUT2D eigenvalue weighted by molar-refractivity contribution is 0.0994. The molecule has 9 heteroatoms. The summed E-state index contributed by atoms with van der Waals surface area (Å²) >= 11 is 9.53. The van der Waals surface area contributed by atoms with E-state index in [1.165, 1.54) is 0 Å². The smallest absolute Gasteiger partial charge is 0.291 e. The summed E-state index contributed by atoms with van der Waals surface area (Å²) < 4.78 is 10.2. The topological polar surface area (TPSA) is 77.9 Å². The van der Waals surface area contributed by atoms with E-state index in [1.807, 2.05) is 42.8 Å². The Hall–Kier alpha value is -2.84. The number of amides is 1. The zero-order chi connectivity index (χ0) is 21.3. The summed E-state index contributed by atoms with van der Waals surface area (Å²) in [6, 6.07) is 11.0. The molecule has 0 atom stereocenters. The van der Waals surface area contributed by atoms with Crippen LogP contribution in [0.4, 0.5) is 5.69 Å². The minimum Gasteiger partial charge on any atom is -0.454 e. The standard InChI is InChI=1S/C21H19BrClN5O2/c1-13-20(22)14(2)28(26-13)12-18-6-7-19(30-18)21(29)25-17-9-24-27(11-17)10-15-4-3-5-16(23)8-15/h3-9,11H,10,12H2,1-2H3,(H,25,29). The van der Waals surface area contributed by atoms with E-state index in [0.29, 0.717) is 29.6 Å². The number of carbonyl (C=O) groups excluding carboxylic acids is 1. The van der Waals surface area contributed by atoms with E-state index < -0.39 is 0 Å². The second-order valence-corrected chi connectivity index (χ2v) is 8.15. The molecule has 7 nitrogen and oxygen atoms in total. The van der Waals surface area contributed by atoms with Crippen LogP contribution in [0.2, 0.25) is 5.02 Å². The first-order valence-electron chi connectivity index (χ1n) is 9.25. The van der Waals surface area contributed by atoms with Crippen molar-refractivity contribution >= 4 is 39.1 Å². The molecule has 30 heavy (non-hydrogen) atoms. The lowest BCUT2D eigenvalue weighted by Crippen LogP contribution is -2.10. The summed E-state index contributed by atoms with van der Waals surface area (Å²) in [6.45, 7) is 4.91. The van der Waals surface area contributed by atoms with Gasteiger partial charge in [-0.15, -0.1) is 0 Å². The average molecular weight is 489 g/mol. The Bertz CT molecular complexity index is 1210. The number of halogens is 2. The van der Waals surface area contributed by atoms with Crippen molar-refractivity contribution in [2.75, 3.05) is 5.32 Å². The van der Waals surface area contributed by atoms with Crippen LogP contribution in [0.15, 0.2) is 57.7 Å². The van der Waals surface area contributed by atoms with Crippen LogP contribution >= 0.6 is 27.5 Å². The number of hydrogen-bond acceptors (Lipinski definition) is 4. The van der Waals surface area contributed by atoms with Gasteiger partial charge in [0.1, 0.15) is 5.76 Å². The molecule has 3 aromatic heterocycles. The summed E-state index contributed by atoms with van der Waals surface area (Å²) in [5, 5.41) is 12.2. The summed E-state index contributed by atoms with van der Waals surface area (Å²) in [7, 11) is 0. The quantitative estimate of drug-likeness (QED) is 0.412. The molecule has 0 bridgehead atoms. The van der Waals surface area contributed by atoms with Crippen molar-refractivity contribution in [1.29, 1.82) is 0 Å². The molecule has 4 rings (SSSR count). The summed E-state index contributed by atoms with van der Waals surface area (Å²) in [5.41, 5.74) is 3.52. The van der Waals surface area contributed by atoms with Crippen LogP contribution in [0.3, 0.4) is 0 Å². The molecule has 0 saturated carbocycles. The second-order valence-electron chi connectivity index (χ2n) is 6.92. The highest BCUT2D eigenvalue weighted by Crippen LogP contribution is 2.21. The Balaban J connectivity index is 1.40. The zero-order valence-corrected chi connectivity index (χ0v) is 18.7. The number of rotatable bonds is 6. The Morgan fingerprint density at radius 3 is 2.80 bits per heavy atom. The van der Waals surface area contributed by atoms with Crippen LogP contribution in [0.1, 0.15) is 33.3 Å². The summed E-state index contributed by atoms with van der Waals surface area (Å²) in [4.78, 5) is 12.5. The number of hydrogen-bond donors (Lipinski definition) is 1.